The minimum Gasteiger partial charge on any atom is -0.335 e. The van der Waals surface area contributed by atoms with Crippen LogP contribution in [0.2, 0.25) is 0 Å². The third-order valence-electron chi connectivity index (χ3n) is 1.04. The van der Waals surface area contributed by atoms with Gasteiger partial charge in [-0.3, -0.25) is 0 Å². The molecule has 1 aliphatic heterocycles. The van der Waals surface area contributed by atoms with E-state index < -0.39 is 10.4 Å². The molecule has 0 saturated heterocycles. The fourth-order valence-electron chi connectivity index (χ4n) is 0.670. The molecule has 2 rings (SSSR count). The molecule has 2 bridgehead atoms. The highest BCUT2D eigenvalue weighted by Gasteiger charge is 2.27. The van der Waals surface area contributed by atoms with Crippen LogP contribution in [-0.4, -0.2) is 18.1 Å². The minimum absolute atomic E-state index is 0.0891. The van der Waals surface area contributed by atoms with Crippen LogP contribution in [0.3, 0.4) is 0 Å². The van der Waals surface area contributed by atoms with Crippen LogP contribution in [0.25, 0.3) is 0 Å². The summed E-state index contributed by atoms with van der Waals surface area (Å²) in [5.74, 6) is 5.11. The van der Waals surface area contributed by atoms with E-state index in [-0.39, 0.29) is 11.9 Å². The van der Waals surface area contributed by atoms with Gasteiger partial charge in [-0.1, -0.05) is 0 Å². The molecule has 0 radical (unpaired) electrons. The van der Waals surface area contributed by atoms with Gasteiger partial charge in [0.05, 0.1) is 6.20 Å². The lowest BCUT2D eigenvalue weighted by Gasteiger charge is -2.05. The quantitative estimate of drug-likeness (QED) is 0.490. The van der Waals surface area contributed by atoms with Gasteiger partial charge in [0.25, 0.3) is 5.88 Å². The molecular weight excluding hydrogens is 174 g/mol. The Labute approximate surface area is 61.6 Å². The number of nitrogens with zero attached hydrogens (tertiary/aromatic N) is 2. The van der Waals surface area contributed by atoms with Gasteiger partial charge in [0.1, 0.15) is 0 Å². The van der Waals surface area contributed by atoms with Crippen LogP contribution < -0.4 is 14.2 Å². The van der Waals surface area contributed by atoms with Crippen LogP contribution in [0.5, 0.6) is 11.9 Å². The molecule has 1 aromatic rings. The normalized spacial score (nSPS) is 18.5. The van der Waals surface area contributed by atoms with Crippen molar-refractivity contribution in [1.29, 1.82) is 0 Å². The van der Waals surface area contributed by atoms with Crippen molar-refractivity contribution in [1.82, 2.24) is 9.66 Å². The second kappa shape index (κ2) is 1.59. The zero-order valence-electron chi connectivity index (χ0n) is 5.09. The summed E-state index contributed by atoms with van der Waals surface area (Å²) in [6.07, 6.45) is 1.19. The zero-order chi connectivity index (χ0) is 8.06. The SMILES string of the molecule is Nn1cc2nc1OS(=O)(=O)O2. The number of imidazole rings is 1. The molecular formula is C3H3N3O4S. The molecule has 0 aromatic carbocycles. The van der Waals surface area contributed by atoms with Crippen molar-refractivity contribution in [3.05, 3.63) is 6.20 Å². The molecule has 2 heterocycles. The maximum absolute atomic E-state index is 10.6. The number of hydrogen-bond acceptors (Lipinski definition) is 6. The van der Waals surface area contributed by atoms with E-state index in [2.05, 4.69) is 13.4 Å². The van der Waals surface area contributed by atoms with Gasteiger partial charge < -0.3 is 14.2 Å². The van der Waals surface area contributed by atoms with Crippen LogP contribution in [0.1, 0.15) is 0 Å². The third kappa shape index (κ3) is 0.871. The zero-order valence-corrected chi connectivity index (χ0v) is 5.91. The Hall–Kier alpha value is -1.44. The van der Waals surface area contributed by atoms with E-state index in [4.69, 9.17) is 5.84 Å². The molecule has 0 unspecified atom stereocenters. The maximum Gasteiger partial charge on any atom is 0.505 e. The second-order valence-electron chi connectivity index (χ2n) is 1.84. The summed E-state index contributed by atoms with van der Waals surface area (Å²) in [5, 5.41) is 0. The van der Waals surface area contributed by atoms with E-state index in [1.54, 1.807) is 0 Å². The highest BCUT2D eigenvalue weighted by molar-refractivity contribution is 7.82. The Bertz CT molecular complexity index is 389. The van der Waals surface area contributed by atoms with Gasteiger partial charge in [0.2, 0.25) is 0 Å². The Kier molecular flexibility index (Phi) is 0.906. The van der Waals surface area contributed by atoms with Crippen LogP contribution in [0.15, 0.2) is 6.20 Å². The highest BCUT2D eigenvalue weighted by Crippen LogP contribution is 2.22. The van der Waals surface area contributed by atoms with Crippen molar-refractivity contribution in [2.45, 2.75) is 0 Å². The minimum atomic E-state index is -3.97. The smallest absolute Gasteiger partial charge is 0.335 e. The first-order valence-electron chi connectivity index (χ1n) is 2.55. The fraction of sp³-hybridized carbons (Fsp3) is 0. The number of fused-ring (bicyclic) bond motifs is 2. The summed E-state index contributed by atoms with van der Waals surface area (Å²) in [6, 6.07) is -0.203. The Morgan fingerprint density at radius 3 is 2.91 bits per heavy atom. The lowest BCUT2D eigenvalue weighted by atomic mass is 10.9. The van der Waals surface area contributed by atoms with E-state index in [0.717, 1.165) is 4.68 Å². The molecule has 0 spiro atoms. The molecule has 1 aromatic heterocycles. The van der Waals surface area contributed by atoms with Crippen molar-refractivity contribution in [2.75, 3.05) is 5.84 Å². The van der Waals surface area contributed by atoms with E-state index in [9.17, 15) is 8.42 Å². The number of hydrogen-bond donors (Lipinski definition) is 1. The van der Waals surface area contributed by atoms with Crippen molar-refractivity contribution in [3.63, 3.8) is 0 Å². The Morgan fingerprint density at radius 1 is 1.55 bits per heavy atom. The molecule has 1 aliphatic rings. The van der Waals surface area contributed by atoms with E-state index >= 15 is 0 Å². The van der Waals surface area contributed by atoms with Crippen LogP contribution >= 0.6 is 0 Å². The summed E-state index contributed by atoms with van der Waals surface area (Å²) < 4.78 is 30.6. The lowest BCUT2D eigenvalue weighted by molar-refractivity contribution is 0.356. The van der Waals surface area contributed by atoms with E-state index in [1.165, 1.54) is 6.20 Å². The summed E-state index contributed by atoms with van der Waals surface area (Å²) in [5.41, 5.74) is 0. The second-order valence-corrected chi connectivity index (χ2v) is 2.99. The van der Waals surface area contributed by atoms with Crippen molar-refractivity contribution >= 4 is 10.4 Å². The number of rotatable bonds is 0. The molecule has 0 fully saturated rings. The van der Waals surface area contributed by atoms with Gasteiger partial charge in [-0.05, 0) is 0 Å². The first kappa shape index (κ1) is 6.28. The average Bonchev–Trinajstić information content (AvgIpc) is 2.05. The molecule has 0 atom stereocenters. The lowest BCUT2D eigenvalue weighted by Crippen LogP contribution is -2.21. The first-order valence-corrected chi connectivity index (χ1v) is 3.88. The van der Waals surface area contributed by atoms with Gasteiger partial charge in [-0.25, -0.2) is 4.68 Å². The monoisotopic (exact) mass is 177 g/mol. The third-order valence-corrected chi connectivity index (χ3v) is 1.77. The van der Waals surface area contributed by atoms with Crippen molar-refractivity contribution in [3.8, 4) is 11.9 Å². The first-order chi connectivity index (χ1) is 5.07. The van der Waals surface area contributed by atoms with Crippen molar-refractivity contribution < 1.29 is 16.8 Å². The highest BCUT2D eigenvalue weighted by atomic mass is 32.3. The van der Waals surface area contributed by atoms with E-state index in [0.29, 0.717) is 0 Å². The summed E-state index contributed by atoms with van der Waals surface area (Å²) >= 11 is 0. The molecule has 0 amide bonds. The molecule has 0 saturated carbocycles. The van der Waals surface area contributed by atoms with Gasteiger partial charge in [-0.15, -0.1) is 8.42 Å². The molecule has 11 heavy (non-hydrogen) atoms. The number of aromatic nitrogens is 2. The summed E-state index contributed by atoms with van der Waals surface area (Å²) in [4.78, 5) is 3.53. The number of nitrogens with two attached hydrogens (primary N) is 1. The largest absolute Gasteiger partial charge is 0.505 e. The maximum atomic E-state index is 10.6. The van der Waals surface area contributed by atoms with Crippen LogP contribution in [0, 0.1) is 0 Å². The summed E-state index contributed by atoms with van der Waals surface area (Å²) in [6.45, 7) is 0. The summed E-state index contributed by atoms with van der Waals surface area (Å²) in [7, 11) is -3.97. The van der Waals surface area contributed by atoms with Gasteiger partial charge in [0.15, 0.2) is 0 Å². The molecule has 7 nitrogen and oxygen atoms in total. The predicted octanol–water partition coefficient (Wildman–Crippen LogP) is -1.39. The van der Waals surface area contributed by atoms with Crippen LogP contribution in [0.4, 0.5) is 0 Å². The molecule has 0 aliphatic carbocycles. The van der Waals surface area contributed by atoms with Crippen LogP contribution in [-0.2, 0) is 10.4 Å². The van der Waals surface area contributed by atoms with E-state index in [1.807, 2.05) is 0 Å². The topological polar surface area (TPSA) is 96.4 Å². The standard InChI is InChI=1S/C3H3N3O4S/c4-6-1-2-5-3(6)10-11(7,8)9-2/h1H,4H2. The fourth-order valence-corrected chi connectivity index (χ4v) is 1.30. The average molecular weight is 177 g/mol. The molecule has 60 valence electrons. The van der Waals surface area contributed by atoms with Gasteiger partial charge in [0, 0.05) is 0 Å². The Morgan fingerprint density at radius 2 is 2.27 bits per heavy atom. The van der Waals surface area contributed by atoms with Gasteiger partial charge in [-0.2, -0.15) is 4.98 Å². The van der Waals surface area contributed by atoms with Gasteiger partial charge >= 0.3 is 16.4 Å². The molecule has 8 heteroatoms. The predicted molar refractivity (Wildman–Crippen MR) is 32.6 cm³/mol. The van der Waals surface area contributed by atoms with Crippen molar-refractivity contribution in [2.24, 2.45) is 0 Å². The Balaban J connectivity index is 2.61. The molecule has 2 N–H and O–H groups in total. The number of nitrogen functional groups attached to an aromatic ring is 1.